The number of halogens is 1. The summed E-state index contributed by atoms with van der Waals surface area (Å²) in [5.41, 5.74) is 7.23. The number of hydrogen-bond acceptors (Lipinski definition) is 4. The van der Waals surface area contributed by atoms with Gasteiger partial charge < -0.3 is 20.5 Å². The lowest BCUT2D eigenvalue weighted by Gasteiger charge is -2.11. The van der Waals surface area contributed by atoms with Crippen LogP contribution in [0.5, 0.6) is 11.5 Å². The first-order valence-corrected chi connectivity index (χ1v) is 5.67. The molecule has 100 valence electrons. The van der Waals surface area contributed by atoms with E-state index >= 15 is 0 Å². The van der Waals surface area contributed by atoms with Crippen molar-refractivity contribution in [1.82, 2.24) is 0 Å². The Morgan fingerprint density at radius 1 is 1.00 bits per heavy atom. The second-order valence-corrected chi connectivity index (χ2v) is 3.97. The van der Waals surface area contributed by atoms with Crippen molar-refractivity contribution in [2.24, 2.45) is 0 Å². The predicted molar refractivity (Wildman–Crippen MR) is 73.6 cm³/mol. The summed E-state index contributed by atoms with van der Waals surface area (Å²) in [5, 5.41) is 2.95. The van der Waals surface area contributed by atoms with Gasteiger partial charge >= 0.3 is 0 Å². The first-order valence-electron chi connectivity index (χ1n) is 5.67. The third kappa shape index (κ3) is 3.07. The highest BCUT2D eigenvalue weighted by Gasteiger charge is 2.06. The minimum atomic E-state index is -0.373. The fourth-order valence-corrected chi connectivity index (χ4v) is 1.69. The first-order chi connectivity index (χ1) is 9.12. The summed E-state index contributed by atoms with van der Waals surface area (Å²) in [7, 11) is 3.07. The number of rotatable bonds is 4. The van der Waals surface area contributed by atoms with Gasteiger partial charge in [-0.05, 0) is 18.2 Å². The highest BCUT2D eigenvalue weighted by atomic mass is 19.1. The molecule has 0 saturated heterocycles. The molecule has 0 amide bonds. The van der Waals surface area contributed by atoms with Gasteiger partial charge in [-0.1, -0.05) is 0 Å². The summed E-state index contributed by atoms with van der Waals surface area (Å²) in [4.78, 5) is 0. The molecule has 19 heavy (non-hydrogen) atoms. The fourth-order valence-electron chi connectivity index (χ4n) is 1.69. The van der Waals surface area contributed by atoms with Gasteiger partial charge in [0.05, 0.1) is 19.9 Å². The van der Waals surface area contributed by atoms with Crippen LogP contribution in [-0.4, -0.2) is 14.2 Å². The highest BCUT2D eigenvalue weighted by Crippen LogP contribution is 2.28. The summed E-state index contributed by atoms with van der Waals surface area (Å²) in [6.45, 7) is 0. The van der Waals surface area contributed by atoms with Crippen molar-refractivity contribution < 1.29 is 13.9 Å². The Bertz CT molecular complexity index is 588. The Balaban J connectivity index is 2.32. The second-order valence-electron chi connectivity index (χ2n) is 3.97. The summed E-state index contributed by atoms with van der Waals surface area (Å²) in [6, 6.07) is 9.58. The number of methoxy groups -OCH3 is 2. The highest BCUT2D eigenvalue weighted by molar-refractivity contribution is 5.67. The van der Waals surface area contributed by atoms with E-state index in [1.807, 2.05) is 0 Å². The molecule has 5 heteroatoms. The molecular weight excluding hydrogens is 247 g/mol. The zero-order valence-electron chi connectivity index (χ0n) is 10.7. The van der Waals surface area contributed by atoms with Crippen molar-refractivity contribution in [2.45, 2.75) is 0 Å². The third-order valence-corrected chi connectivity index (χ3v) is 2.62. The minimum Gasteiger partial charge on any atom is -0.497 e. The van der Waals surface area contributed by atoms with Crippen LogP contribution < -0.4 is 20.5 Å². The number of ether oxygens (including phenoxy) is 2. The topological polar surface area (TPSA) is 56.5 Å². The molecule has 0 aromatic heterocycles. The predicted octanol–water partition coefficient (Wildman–Crippen LogP) is 3.17. The molecule has 0 aliphatic carbocycles. The minimum absolute atomic E-state index is 0.312. The summed E-state index contributed by atoms with van der Waals surface area (Å²) < 4.78 is 23.9. The lowest BCUT2D eigenvalue weighted by atomic mass is 10.2. The van der Waals surface area contributed by atoms with E-state index in [4.69, 9.17) is 15.2 Å². The third-order valence-electron chi connectivity index (χ3n) is 2.62. The molecule has 0 unspecified atom stereocenters. The average Bonchev–Trinajstić information content (AvgIpc) is 2.40. The van der Waals surface area contributed by atoms with Crippen LogP contribution in [0.4, 0.5) is 21.5 Å². The van der Waals surface area contributed by atoms with Crippen LogP contribution in [0.1, 0.15) is 0 Å². The van der Waals surface area contributed by atoms with E-state index in [0.29, 0.717) is 28.6 Å². The SMILES string of the molecule is COc1cc(N)cc(Nc2cc(OC)ccc2F)c1. The van der Waals surface area contributed by atoms with Crippen LogP contribution in [0.15, 0.2) is 36.4 Å². The Labute approximate surface area is 111 Å². The number of hydrogen-bond donors (Lipinski definition) is 2. The van der Waals surface area contributed by atoms with Crippen LogP contribution in [0, 0.1) is 5.82 Å². The van der Waals surface area contributed by atoms with E-state index < -0.39 is 0 Å². The number of nitrogens with one attached hydrogen (secondary N) is 1. The zero-order chi connectivity index (χ0) is 13.8. The molecule has 0 heterocycles. The van der Waals surface area contributed by atoms with Gasteiger partial charge in [0.2, 0.25) is 0 Å². The van der Waals surface area contributed by atoms with Crippen LogP contribution >= 0.6 is 0 Å². The van der Waals surface area contributed by atoms with E-state index in [0.717, 1.165) is 0 Å². The summed E-state index contributed by atoms with van der Waals surface area (Å²) in [5.74, 6) is 0.799. The molecule has 0 aliphatic rings. The molecule has 2 rings (SSSR count). The molecule has 3 N–H and O–H groups in total. The molecule has 2 aromatic rings. The van der Waals surface area contributed by atoms with E-state index in [1.165, 1.54) is 13.2 Å². The van der Waals surface area contributed by atoms with Crippen LogP contribution in [0.3, 0.4) is 0 Å². The number of anilines is 3. The second kappa shape index (κ2) is 5.48. The van der Waals surface area contributed by atoms with Crippen LogP contribution in [0.25, 0.3) is 0 Å². The molecule has 0 saturated carbocycles. The van der Waals surface area contributed by atoms with Crippen molar-refractivity contribution in [3.05, 3.63) is 42.2 Å². The molecule has 0 atom stereocenters. The van der Waals surface area contributed by atoms with Gasteiger partial charge in [-0.2, -0.15) is 0 Å². The van der Waals surface area contributed by atoms with Gasteiger partial charge in [0.1, 0.15) is 17.3 Å². The molecule has 0 aliphatic heterocycles. The smallest absolute Gasteiger partial charge is 0.146 e. The standard InChI is InChI=1S/C14H15FN2O2/c1-18-11-3-4-13(15)14(8-11)17-10-5-9(16)6-12(7-10)19-2/h3-8,17H,16H2,1-2H3. The molecule has 0 fully saturated rings. The molecule has 0 radical (unpaired) electrons. The van der Waals surface area contributed by atoms with E-state index in [2.05, 4.69) is 5.32 Å². The number of nitrogens with two attached hydrogens (primary N) is 1. The molecular formula is C14H15FN2O2. The zero-order valence-corrected chi connectivity index (χ0v) is 10.7. The van der Waals surface area contributed by atoms with Gasteiger partial charge in [0.25, 0.3) is 0 Å². The van der Waals surface area contributed by atoms with Crippen molar-refractivity contribution in [3.8, 4) is 11.5 Å². The van der Waals surface area contributed by atoms with Gasteiger partial charge in [-0.25, -0.2) is 4.39 Å². The lowest BCUT2D eigenvalue weighted by Crippen LogP contribution is -1.97. The average molecular weight is 262 g/mol. The van der Waals surface area contributed by atoms with E-state index in [1.54, 1.807) is 37.4 Å². The normalized spacial score (nSPS) is 10.1. The molecule has 0 bridgehead atoms. The largest absolute Gasteiger partial charge is 0.497 e. The maximum atomic E-state index is 13.7. The first kappa shape index (κ1) is 13.0. The quantitative estimate of drug-likeness (QED) is 0.831. The van der Waals surface area contributed by atoms with Gasteiger partial charge in [0, 0.05) is 29.6 Å². The Morgan fingerprint density at radius 2 is 1.74 bits per heavy atom. The van der Waals surface area contributed by atoms with Gasteiger partial charge in [0.15, 0.2) is 0 Å². The van der Waals surface area contributed by atoms with E-state index in [9.17, 15) is 4.39 Å². The van der Waals surface area contributed by atoms with Crippen molar-refractivity contribution in [3.63, 3.8) is 0 Å². The Kier molecular flexibility index (Phi) is 3.75. The molecule has 0 spiro atoms. The molecule has 4 nitrogen and oxygen atoms in total. The van der Waals surface area contributed by atoms with Crippen LogP contribution in [0.2, 0.25) is 0 Å². The molecule has 2 aromatic carbocycles. The lowest BCUT2D eigenvalue weighted by molar-refractivity contribution is 0.414. The maximum Gasteiger partial charge on any atom is 0.146 e. The van der Waals surface area contributed by atoms with Crippen molar-refractivity contribution >= 4 is 17.1 Å². The summed E-state index contributed by atoms with van der Waals surface area (Å²) in [6.07, 6.45) is 0. The van der Waals surface area contributed by atoms with Crippen molar-refractivity contribution in [2.75, 3.05) is 25.3 Å². The van der Waals surface area contributed by atoms with Crippen LogP contribution in [-0.2, 0) is 0 Å². The summed E-state index contributed by atoms with van der Waals surface area (Å²) >= 11 is 0. The number of nitrogen functional groups attached to an aromatic ring is 1. The maximum absolute atomic E-state index is 13.7. The Hall–Kier alpha value is -2.43. The number of benzene rings is 2. The Morgan fingerprint density at radius 3 is 2.42 bits per heavy atom. The van der Waals surface area contributed by atoms with Crippen molar-refractivity contribution in [1.29, 1.82) is 0 Å². The van der Waals surface area contributed by atoms with E-state index in [-0.39, 0.29) is 5.82 Å². The van der Waals surface area contributed by atoms with Gasteiger partial charge in [-0.3, -0.25) is 0 Å². The monoisotopic (exact) mass is 262 g/mol. The van der Waals surface area contributed by atoms with Gasteiger partial charge in [-0.15, -0.1) is 0 Å². The fraction of sp³-hybridized carbons (Fsp3) is 0.143.